The molecule has 0 spiro atoms. The summed E-state index contributed by atoms with van der Waals surface area (Å²) in [6.07, 6.45) is 19.2. The van der Waals surface area contributed by atoms with Crippen molar-refractivity contribution in [3.63, 3.8) is 0 Å². The smallest absolute Gasteiger partial charge is 0.333 e. The molecule has 0 fully saturated rings. The summed E-state index contributed by atoms with van der Waals surface area (Å²) in [6.45, 7) is 4.75. The quantitative estimate of drug-likeness (QED) is 0.101. The zero-order valence-corrected chi connectivity index (χ0v) is 23.5. The van der Waals surface area contributed by atoms with Crippen LogP contribution in [-0.4, -0.2) is 63.6 Å². The molecule has 0 rings (SSSR count). The number of unbranched alkanes of at least 4 members (excludes halogenated alkanes) is 14. The molecule has 8 heteroatoms. The largest absolute Gasteiger partial charge is 0.458 e. The number of quaternary nitrogens is 1. The molecular weight excluding hydrogens is 453 g/mol. The van der Waals surface area contributed by atoms with Crippen molar-refractivity contribution in [1.82, 2.24) is 0 Å². The highest BCUT2D eigenvalue weighted by molar-refractivity contribution is 7.52. The van der Waals surface area contributed by atoms with Crippen molar-refractivity contribution in [3.05, 3.63) is 0 Å². The van der Waals surface area contributed by atoms with Gasteiger partial charge in [0.25, 0.3) is 0 Å². The van der Waals surface area contributed by atoms with Gasteiger partial charge in [-0.3, -0.25) is 9.36 Å². The van der Waals surface area contributed by atoms with Crippen molar-refractivity contribution >= 4 is 13.6 Å². The average molecular weight is 509 g/mol. The normalized spacial score (nSPS) is 14.3. The van der Waals surface area contributed by atoms with Crippen LogP contribution in [0.15, 0.2) is 0 Å². The van der Waals surface area contributed by atoms with Gasteiger partial charge in [-0.2, -0.15) is 0 Å². The molecule has 0 heterocycles. The molecule has 0 amide bonds. The van der Waals surface area contributed by atoms with Crippen LogP contribution in [0.25, 0.3) is 0 Å². The Morgan fingerprint density at radius 2 is 1.29 bits per heavy atom. The highest BCUT2D eigenvalue weighted by Gasteiger charge is 2.24. The zero-order valence-electron chi connectivity index (χ0n) is 22.7. The molecule has 2 atom stereocenters. The van der Waals surface area contributed by atoms with Crippen LogP contribution in [-0.2, 0) is 23.4 Å². The first-order valence-electron chi connectivity index (χ1n) is 13.8. The lowest BCUT2D eigenvalue weighted by molar-refractivity contribution is -0.855. The van der Waals surface area contributed by atoms with Gasteiger partial charge in [-0.15, -0.1) is 0 Å². The second-order valence-corrected chi connectivity index (χ2v) is 11.9. The van der Waals surface area contributed by atoms with Gasteiger partial charge in [-0.1, -0.05) is 96.8 Å². The van der Waals surface area contributed by atoms with Crippen LogP contribution in [0.5, 0.6) is 0 Å². The molecule has 0 aliphatic heterocycles. The first-order valence-corrected chi connectivity index (χ1v) is 15.5. The summed E-state index contributed by atoms with van der Waals surface area (Å²) >= 11 is 0. The number of carbonyl (C=O) groups excluding carboxylic acids is 1. The van der Waals surface area contributed by atoms with Gasteiger partial charge < -0.3 is 23.8 Å². The van der Waals surface area contributed by atoms with E-state index in [0.29, 0.717) is 13.2 Å². The van der Waals surface area contributed by atoms with E-state index in [-0.39, 0.29) is 19.4 Å². The fraction of sp³-hybridized carbons (Fsp3) is 0.962. The van der Waals surface area contributed by atoms with Crippen LogP contribution in [0.3, 0.4) is 0 Å². The second-order valence-electron chi connectivity index (χ2n) is 9.87. The van der Waals surface area contributed by atoms with Gasteiger partial charge in [-0.05, 0) is 6.42 Å². The Morgan fingerprint density at radius 3 is 1.74 bits per heavy atom. The number of hydrogen-bond donors (Lipinski definition) is 2. The number of esters is 1. The van der Waals surface area contributed by atoms with Crippen molar-refractivity contribution in [2.24, 2.45) is 0 Å². The van der Waals surface area contributed by atoms with Crippen molar-refractivity contribution in [3.8, 4) is 0 Å². The van der Waals surface area contributed by atoms with Crippen molar-refractivity contribution in [1.29, 1.82) is 0 Å². The molecule has 204 valence electrons. The Morgan fingerprint density at radius 1 is 0.824 bits per heavy atom. The third-order valence-corrected chi connectivity index (χ3v) is 7.23. The van der Waals surface area contributed by atoms with Gasteiger partial charge >= 0.3 is 13.6 Å². The van der Waals surface area contributed by atoms with Crippen LogP contribution >= 0.6 is 7.60 Å². The molecule has 0 aromatic carbocycles. The number of hydrogen-bond acceptors (Lipinski definition) is 5. The first-order chi connectivity index (χ1) is 16.3. The van der Waals surface area contributed by atoms with E-state index in [0.717, 1.165) is 17.7 Å². The molecule has 2 unspecified atom stereocenters. The molecule has 0 aromatic rings. The van der Waals surface area contributed by atoms with E-state index < -0.39 is 19.7 Å². The highest BCUT2D eigenvalue weighted by atomic mass is 31.2. The van der Waals surface area contributed by atoms with Gasteiger partial charge in [-0.25, -0.2) is 0 Å². The van der Waals surface area contributed by atoms with E-state index >= 15 is 0 Å². The van der Waals surface area contributed by atoms with Crippen LogP contribution in [0.1, 0.15) is 110 Å². The van der Waals surface area contributed by atoms with Crippen molar-refractivity contribution in [2.75, 3.05) is 46.6 Å². The third-order valence-electron chi connectivity index (χ3n) is 5.89. The summed E-state index contributed by atoms with van der Waals surface area (Å²) < 4.78 is 28.1. The summed E-state index contributed by atoms with van der Waals surface area (Å²) in [5.74, 6) is -0.449. The maximum Gasteiger partial charge on any atom is 0.333 e. The van der Waals surface area contributed by atoms with E-state index in [1.165, 1.54) is 90.4 Å². The monoisotopic (exact) mass is 508 g/mol. The highest BCUT2D eigenvalue weighted by Crippen LogP contribution is 2.40. The van der Waals surface area contributed by atoms with Crippen molar-refractivity contribution < 1.29 is 33.2 Å². The Hall–Kier alpha value is -0.460. The Labute approximate surface area is 209 Å². The minimum atomic E-state index is -3.69. The van der Waals surface area contributed by atoms with Gasteiger partial charge in [0.05, 0.1) is 40.0 Å². The molecule has 0 aliphatic rings. The minimum Gasteiger partial charge on any atom is -0.458 e. The number of rotatable bonds is 25. The maximum atomic E-state index is 12.1. The second kappa shape index (κ2) is 23.0. The molecule has 7 nitrogen and oxygen atoms in total. The van der Waals surface area contributed by atoms with Crippen LogP contribution < -0.4 is 4.90 Å². The predicted molar refractivity (Wildman–Crippen MR) is 140 cm³/mol. The van der Waals surface area contributed by atoms with Gasteiger partial charge in [0.1, 0.15) is 6.10 Å². The summed E-state index contributed by atoms with van der Waals surface area (Å²) in [5, 5.41) is 0. The SMILES string of the molecule is CCCCCCCCCCCCCCCCCOCC(COP(=O)(O)CC[NH+](C)C)OC(C)=O. The number of carbonyl (C=O) groups is 1. The summed E-state index contributed by atoms with van der Waals surface area (Å²) in [6, 6.07) is 0. The lowest BCUT2D eigenvalue weighted by atomic mass is 10.0. The van der Waals surface area contributed by atoms with E-state index in [9.17, 15) is 14.3 Å². The average Bonchev–Trinajstić information content (AvgIpc) is 2.78. The predicted octanol–water partition coefficient (Wildman–Crippen LogP) is 5.15. The van der Waals surface area contributed by atoms with E-state index in [1.807, 2.05) is 14.1 Å². The molecule has 34 heavy (non-hydrogen) atoms. The fourth-order valence-electron chi connectivity index (χ4n) is 3.77. The molecule has 2 N–H and O–H groups in total. The molecule has 0 radical (unpaired) electrons. The summed E-state index contributed by atoms with van der Waals surface area (Å²) in [5.41, 5.74) is 0. The third kappa shape index (κ3) is 24.7. The topological polar surface area (TPSA) is 86.5 Å². The fourth-order valence-corrected chi connectivity index (χ4v) is 5.03. The van der Waals surface area contributed by atoms with Crippen LogP contribution in [0, 0.1) is 0 Å². The molecule has 0 bridgehead atoms. The van der Waals surface area contributed by atoms with Crippen LogP contribution in [0.2, 0.25) is 0 Å². The summed E-state index contributed by atoms with van der Waals surface area (Å²) in [4.78, 5) is 22.3. The summed E-state index contributed by atoms with van der Waals surface area (Å²) in [7, 11) is 0.132. The molecular formula is C26H55NO6P+. The Kier molecular flexibility index (Phi) is 22.7. The number of nitrogens with one attached hydrogen (secondary N) is 1. The number of ether oxygens (including phenoxy) is 2. The molecule has 0 aromatic heterocycles. The van der Waals surface area contributed by atoms with E-state index in [2.05, 4.69) is 6.92 Å². The van der Waals surface area contributed by atoms with Crippen molar-refractivity contribution in [2.45, 2.75) is 116 Å². The molecule has 0 saturated heterocycles. The molecule has 0 saturated carbocycles. The lowest BCUT2D eigenvalue weighted by Gasteiger charge is -2.20. The minimum absolute atomic E-state index is 0.0715. The van der Waals surface area contributed by atoms with Gasteiger partial charge in [0.15, 0.2) is 0 Å². The Balaban J connectivity index is 3.65. The van der Waals surface area contributed by atoms with E-state index in [1.54, 1.807) is 0 Å². The van der Waals surface area contributed by atoms with Gasteiger partial charge in [0, 0.05) is 13.5 Å². The van der Waals surface area contributed by atoms with Crippen LogP contribution in [0.4, 0.5) is 0 Å². The Bertz CT molecular complexity index is 518. The van der Waals surface area contributed by atoms with Gasteiger partial charge in [0.2, 0.25) is 0 Å². The first kappa shape index (κ1) is 33.5. The van der Waals surface area contributed by atoms with E-state index in [4.69, 9.17) is 14.0 Å². The standard InChI is InChI=1S/C26H54NO6P/c1-5-6-7-8-9-10-11-12-13-14-15-16-17-18-19-21-31-23-26(33-25(2)28)24-32-34(29,30)22-20-27(3)4/h26H,5-24H2,1-4H3,(H,29,30)/p+1. The lowest BCUT2D eigenvalue weighted by Crippen LogP contribution is -3.06. The maximum absolute atomic E-state index is 12.1. The molecule has 0 aliphatic carbocycles. The zero-order chi connectivity index (χ0) is 25.5.